The fourth-order valence-electron chi connectivity index (χ4n) is 0.924. The molecule has 2 heteroatoms. The molecule has 1 aromatic carbocycles. The van der Waals surface area contributed by atoms with Gasteiger partial charge < -0.3 is 4.74 Å². The molecule has 0 aromatic heterocycles. The fourth-order valence-corrected chi connectivity index (χ4v) is 0.924. The maximum Gasteiger partial charge on any atom is 0.123 e. The van der Waals surface area contributed by atoms with E-state index in [0.717, 1.165) is 0 Å². The standard InChI is InChI=1S/C12H17FO/c1-9(2)12(3,4)14-11-7-5-10(13)6-8-11/h5-9H,1-4H3. The lowest BCUT2D eigenvalue weighted by molar-refractivity contribution is 0.0599. The predicted octanol–water partition coefficient (Wildman–Crippen LogP) is 3.64. The summed E-state index contributed by atoms with van der Waals surface area (Å²) in [7, 11) is 0. The number of benzene rings is 1. The van der Waals surface area contributed by atoms with E-state index < -0.39 is 0 Å². The number of ether oxygens (including phenoxy) is 1. The van der Waals surface area contributed by atoms with Gasteiger partial charge in [0.05, 0.1) is 0 Å². The summed E-state index contributed by atoms with van der Waals surface area (Å²) in [6, 6.07) is 6.12. The molecular weight excluding hydrogens is 179 g/mol. The van der Waals surface area contributed by atoms with E-state index in [-0.39, 0.29) is 11.4 Å². The average molecular weight is 196 g/mol. The Morgan fingerprint density at radius 2 is 1.64 bits per heavy atom. The highest BCUT2D eigenvalue weighted by Crippen LogP contribution is 2.24. The minimum atomic E-state index is -0.236. The Bertz CT molecular complexity index is 288. The van der Waals surface area contributed by atoms with Crippen LogP contribution in [0.2, 0.25) is 0 Å². The van der Waals surface area contributed by atoms with Crippen molar-refractivity contribution in [3.8, 4) is 5.75 Å². The molecule has 0 aliphatic carbocycles. The summed E-state index contributed by atoms with van der Waals surface area (Å²) in [5.41, 5.74) is -0.224. The van der Waals surface area contributed by atoms with Gasteiger partial charge in [-0.05, 0) is 44.0 Å². The van der Waals surface area contributed by atoms with Crippen molar-refractivity contribution < 1.29 is 9.13 Å². The van der Waals surface area contributed by atoms with E-state index in [4.69, 9.17) is 4.74 Å². The second-order valence-corrected chi connectivity index (χ2v) is 4.31. The van der Waals surface area contributed by atoms with Crippen molar-refractivity contribution in [2.45, 2.75) is 33.3 Å². The number of rotatable bonds is 3. The monoisotopic (exact) mass is 196 g/mol. The topological polar surface area (TPSA) is 9.23 Å². The van der Waals surface area contributed by atoms with E-state index in [0.29, 0.717) is 11.7 Å². The molecule has 0 heterocycles. The van der Waals surface area contributed by atoms with Crippen LogP contribution in [-0.4, -0.2) is 5.60 Å². The molecule has 0 fully saturated rings. The summed E-state index contributed by atoms with van der Waals surface area (Å²) < 4.78 is 18.4. The molecule has 0 N–H and O–H groups in total. The molecule has 0 aliphatic rings. The molecule has 78 valence electrons. The molecule has 0 atom stereocenters. The van der Waals surface area contributed by atoms with Crippen molar-refractivity contribution in [1.29, 1.82) is 0 Å². The van der Waals surface area contributed by atoms with Crippen molar-refractivity contribution in [3.05, 3.63) is 30.1 Å². The molecule has 0 aliphatic heterocycles. The van der Waals surface area contributed by atoms with Crippen molar-refractivity contribution >= 4 is 0 Å². The third kappa shape index (κ3) is 2.72. The zero-order valence-electron chi connectivity index (χ0n) is 9.17. The van der Waals surface area contributed by atoms with Crippen LogP contribution in [0.25, 0.3) is 0 Å². The summed E-state index contributed by atoms with van der Waals surface area (Å²) in [6.45, 7) is 8.26. The van der Waals surface area contributed by atoms with Gasteiger partial charge in [0.2, 0.25) is 0 Å². The Hall–Kier alpha value is -1.05. The predicted molar refractivity (Wildman–Crippen MR) is 55.9 cm³/mol. The molecule has 14 heavy (non-hydrogen) atoms. The van der Waals surface area contributed by atoms with E-state index in [1.165, 1.54) is 12.1 Å². The Morgan fingerprint density at radius 1 is 1.14 bits per heavy atom. The maximum atomic E-state index is 12.6. The zero-order chi connectivity index (χ0) is 10.8. The summed E-state index contributed by atoms with van der Waals surface area (Å²) >= 11 is 0. The van der Waals surface area contributed by atoms with E-state index in [9.17, 15) is 4.39 Å². The number of halogens is 1. The van der Waals surface area contributed by atoms with Gasteiger partial charge in [0, 0.05) is 0 Å². The van der Waals surface area contributed by atoms with E-state index >= 15 is 0 Å². The molecule has 0 spiro atoms. The van der Waals surface area contributed by atoms with Gasteiger partial charge in [0.15, 0.2) is 0 Å². The first-order valence-corrected chi connectivity index (χ1v) is 4.86. The fraction of sp³-hybridized carbons (Fsp3) is 0.500. The highest BCUT2D eigenvalue weighted by atomic mass is 19.1. The van der Waals surface area contributed by atoms with Gasteiger partial charge >= 0.3 is 0 Å². The lowest BCUT2D eigenvalue weighted by Crippen LogP contribution is -2.34. The van der Waals surface area contributed by atoms with Crippen molar-refractivity contribution in [2.75, 3.05) is 0 Å². The van der Waals surface area contributed by atoms with E-state index in [2.05, 4.69) is 13.8 Å². The van der Waals surface area contributed by atoms with Crippen LogP contribution in [0.3, 0.4) is 0 Å². The van der Waals surface area contributed by atoms with Crippen LogP contribution in [0.1, 0.15) is 27.7 Å². The van der Waals surface area contributed by atoms with Crippen LogP contribution >= 0.6 is 0 Å². The van der Waals surface area contributed by atoms with Gasteiger partial charge in [-0.3, -0.25) is 0 Å². The van der Waals surface area contributed by atoms with E-state index in [1.807, 2.05) is 13.8 Å². The summed E-state index contributed by atoms with van der Waals surface area (Å²) in [5, 5.41) is 0. The summed E-state index contributed by atoms with van der Waals surface area (Å²) in [5.74, 6) is 0.886. The smallest absolute Gasteiger partial charge is 0.123 e. The first-order valence-electron chi connectivity index (χ1n) is 4.86. The van der Waals surface area contributed by atoms with E-state index in [1.54, 1.807) is 12.1 Å². The molecule has 0 unspecified atom stereocenters. The molecule has 1 nitrogen and oxygen atoms in total. The highest BCUT2D eigenvalue weighted by Gasteiger charge is 2.24. The Labute approximate surface area is 84.9 Å². The largest absolute Gasteiger partial charge is 0.488 e. The summed E-state index contributed by atoms with van der Waals surface area (Å²) in [4.78, 5) is 0. The zero-order valence-corrected chi connectivity index (χ0v) is 9.17. The van der Waals surface area contributed by atoms with Gasteiger partial charge in [-0.1, -0.05) is 13.8 Å². The van der Waals surface area contributed by atoms with Crippen LogP contribution in [0.15, 0.2) is 24.3 Å². The van der Waals surface area contributed by atoms with Gasteiger partial charge in [-0.25, -0.2) is 4.39 Å². The first kappa shape index (κ1) is 11.0. The molecule has 1 aromatic rings. The Balaban J connectivity index is 2.74. The van der Waals surface area contributed by atoms with Crippen LogP contribution in [0, 0.1) is 11.7 Å². The molecule has 0 saturated heterocycles. The van der Waals surface area contributed by atoms with Crippen LogP contribution in [0.4, 0.5) is 4.39 Å². The lowest BCUT2D eigenvalue weighted by Gasteiger charge is -2.30. The Morgan fingerprint density at radius 3 is 2.07 bits per heavy atom. The van der Waals surface area contributed by atoms with Crippen molar-refractivity contribution in [3.63, 3.8) is 0 Å². The molecule has 1 rings (SSSR count). The van der Waals surface area contributed by atoms with Crippen LogP contribution in [-0.2, 0) is 0 Å². The van der Waals surface area contributed by atoms with Gasteiger partial charge in [-0.2, -0.15) is 0 Å². The molecule has 0 bridgehead atoms. The van der Waals surface area contributed by atoms with Crippen LogP contribution < -0.4 is 4.74 Å². The molecule has 0 radical (unpaired) electrons. The minimum Gasteiger partial charge on any atom is -0.488 e. The third-order valence-electron chi connectivity index (χ3n) is 2.58. The lowest BCUT2D eigenvalue weighted by atomic mass is 9.94. The number of hydrogen-bond donors (Lipinski definition) is 0. The summed E-state index contributed by atoms with van der Waals surface area (Å²) in [6.07, 6.45) is 0. The SMILES string of the molecule is CC(C)C(C)(C)Oc1ccc(F)cc1. The normalized spacial score (nSPS) is 11.9. The molecule has 0 amide bonds. The first-order chi connectivity index (χ1) is 6.42. The Kier molecular flexibility index (Phi) is 3.14. The second kappa shape index (κ2) is 3.99. The maximum absolute atomic E-state index is 12.6. The van der Waals surface area contributed by atoms with Gasteiger partial charge in [0.25, 0.3) is 0 Å². The van der Waals surface area contributed by atoms with Gasteiger partial charge in [-0.15, -0.1) is 0 Å². The van der Waals surface area contributed by atoms with Crippen LogP contribution in [0.5, 0.6) is 5.75 Å². The van der Waals surface area contributed by atoms with Crippen molar-refractivity contribution in [1.82, 2.24) is 0 Å². The highest BCUT2D eigenvalue weighted by molar-refractivity contribution is 5.22. The molecular formula is C12H17FO. The van der Waals surface area contributed by atoms with Gasteiger partial charge in [0.1, 0.15) is 17.2 Å². The minimum absolute atomic E-state index is 0.224. The second-order valence-electron chi connectivity index (χ2n) is 4.31. The van der Waals surface area contributed by atoms with Crippen molar-refractivity contribution in [2.24, 2.45) is 5.92 Å². The average Bonchev–Trinajstić information content (AvgIpc) is 2.08. The number of hydrogen-bond acceptors (Lipinski definition) is 1. The third-order valence-corrected chi connectivity index (χ3v) is 2.58. The quantitative estimate of drug-likeness (QED) is 0.717. The molecule has 0 saturated carbocycles.